The Morgan fingerprint density at radius 1 is 0.967 bits per heavy atom. The molecule has 0 aliphatic rings. The number of allylic oxidation sites excluding steroid dienone is 1. The van der Waals surface area contributed by atoms with E-state index in [1.165, 1.54) is 0 Å². The fourth-order valence-electron chi connectivity index (χ4n) is 3.61. The minimum absolute atomic E-state index is 0.127. The molecule has 2 heterocycles. The maximum atomic E-state index is 13.6. The minimum Gasteiger partial charge on any atom is -0.497 e. The van der Waals surface area contributed by atoms with Gasteiger partial charge >= 0.3 is 0 Å². The molecule has 0 bridgehead atoms. The third kappa shape index (κ3) is 3.16. The fourth-order valence-corrected chi connectivity index (χ4v) is 3.61. The number of ketones is 1. The molecular weight excluding hydrogens is 374 g/mol. The molecule has 30 heavy (non-hydrogen) atoms. The number of nitrogens with zero attached hydrogens (tertiary/aromatic N) is 1. The summed E-state index contributed by atoms with van der Waals surface area (Å²) in [5.41, 5.74) is 4.68. The van der Waals surface area contributed by atoms with Crippen LogP contribution in [0.25, 0.3) is 33.6 Å². The van der Waals surface area contributed by atoms with Crippen LogP contribution >= 0.6 is 0 Å². The van der Waals surface area contributed by atoms with Gasteiger partial charge in [-0.1, -0.05) is 42.5 Å². The molecular formula is C25H19N3O2. The number of imidazole rings is 1. The summed E-state index contributed by atoms with van der Waals surface area (Å²) in [4.78, 5) is 24.8. The number of para-hydroxylation sites is 3. The van der Waals surface area contributed by atoms with Crippen molar-refractivity contribution in [3.8, 4) is 5.75 Å². The molecule has 0 spiro atoms. The number of aromatic nitrogens is 3. The second-order valence-electron chi connectivity index (χ2n) is 7.01. The van der Waals surface area contributed by atoms with Gasteiger partial charge in [0, 0.05) is 28.2 Å². The summed E-state index contributed by atoms with van der Waals surface area (Å²) in [7, 11) is 1.59. The average Bonchev–Trinajstić information content (AvgIpc) is 3.41. The normalized spacial score (nSPS) is 11.8. The van der Waals surface area contributed by atoms with Crippen LogP contribution in [0, 0.1) is 0 Å². The van der Waals surface area contributed by atoms with E-state index in [0.717, 1.165) is 27.5 Å². The number of benzene rings is 3. The smallest absolute Gasteiger partial charge is 0.196 e. The molecule has 0 saturated heterocycles. The van der Waals surface area contributed by atoms with E-state index >= 15 is 0 Å². The first kappa shape index (κ1) is 17.9. The highest BCUT2D eigenvalue weighted by Gasteiger charge is 2.19. The van der Waals surface area contributed by atoms with Crippen LogP contribution in [-0.2, 0) is 0 Å². The number of rotatable bonds is 5. The molecule has 0 atom stereocenters. The van der Waals surface area contributed by atoms with Crippen LogP contribution in [0.15, 0.2) is 79.0 Å². The van der Waals surface area contributed by atoms with Gasteiger partial charge in [-0.25, -0.2) is 4.98 Å². The molecule has 146 valence electrons. The monoisotopic (exact) mass is 393 g/mol. The Bertz CT molecular complexity index is 1380. The molecule has 5 aromatic rings. The summed E-state index contributed by atoms with van der Waals surface area (Å²) >= 11 is 0. The van der Waals surface area contributed by atoms with Crippen LogP contribution in [0.1, 0.15) is 21.7 Å². The predicted octanol–water partition coefficient (Wildman–Crippen LogP) is 5.48. The van der Waals surface area contributed by atoms with Crippen molar-refractivity contribution in [1.82, 2.24) is 15.0 Å². The van der Waals surface area contributed by atoms with Crippen LogP contribution in [0.5, 0.6) is 5.75 Å². The largest absolute Gasteiger partial charge is 0.497 e. The van der Waals surface area contributed by atoms with Gasteiger partial charge in [-0.05, 0) is 36.4 Å². The fraction of sp³-hybridized carbons (Fsp3) is 0.0400. The van der Waals surface area contributed by atoms with Crippen molar-refractivity contribution in [2.24, 2.45) is 0 Å². The number of methoxy groups -OCH3 is 1. The maximum Gasteiger partial charge on any atom is 0.196 e. The molecule has 3 aromatic carbocycles. The lowest BCUT2D eigenvalue weighted by molar-refractivity contribution is 0.105. The van der Waals surface area contributed by atoms with Crippen LogP contribution in [0.3, 0.4) is 0 Å². The predicted molar refractivity (Wildman–Crippen MR) is 120 cm³/mol. The first-order chi connectivity index (χ1) is 14.7. The number of H-pyrrole nitrogens is 2. The van der Waals surface area contributed by atoms with E-state index in [-0.39, 0.29) is 5.78 Å². The Kier molecular flexibility index (Phi) is 4.41. The van der Waals surface area contributed by atoms with Gasteiger partial charge in [0.05, 0.1) is 23.7 Å². The Balaban J connectivity index is 1.69. The molecule has 0 fully saturated rings. The van der Waals surface area contributed by atoms with Gasteiger partial charge in [-0.3, -0.25) is 4.79 Å². The number of carbonyl (C=O) groups is 1. The van der Waals surface area contributed by atoms with Gasteiger partial charge in [0.2, 0.25) is 0 Å². The van der Waals surface area contributed by atoms with E-state index in [1.807, 2.05) is 72.9 Å². The van der Waals surface area contributed by atoms with Crippen LogP contribution < -0.4 is 4.74 Å². The Hall–Kier alpha value is -4.12. The quantitative estimate of drug-likeness (QED) is 0.307. The minimum atomic E-state index is -0.127. The maximum absolute atomic E-state index is 13.6. The number of hydrogen-bond acceptors (Lipinski definition) is 3. The van der Waals surface area contributed by atoms with Crippen molar-refractivity contribution >= 4 is 39.4 Å². The van der Waals surface area contributed by atoms with Crippen molar-refractivity contribution < 1.29 is 9.53 Å². The number of carbonyl (C=O) groups excluding carboxylic acids is 1. The molecule has 0 amide bonds. The van der Waals surface area contributed by atoms with Crippen molar-refractivity contribution in [3.63, 3.8) is 0 Å². The first-order valence-corrected chi connectivity index (χ1v) is 9.64. The van der Waals surface area contributed by atoms with Crippen molar-refractivity contribution in [3.05, 3.63) is 95.9 Å². The molecule has 0 aliphatic heterocycles. The van der Waals surface area contributed by atoms with Crippen LogP contribution in [-0.4, -0.2) is 27.8 Å². The molecule has 0 unspecified atom stereocenters. The van der Waals surface area contributed by atoms with Crippen LogP contribution in [0.4, 0.5) is 0 Å². The molecule has 0 saturated carbocycles. The molecule has 5 heteroatoms. The third-order valence-corrected chi connectivity index (χ3v) is 5.14. The van der Waals surface area contributed by atoms with Gasteiger partial charge < -0.3 is 14.7 Å². The van der Waals surface area contributed by atoms with Crippen LogP contribution in [0.2, 0.25) is 0 Å². The zero-order chi connectivity index (χ0) is 20.5. The number of aromatic amines is 2. The highest BCUT2D eigenvalue weighted by molar-refractivity contribution is 6.32. The summed E-state index contributed by atoms with van der Waals surface area (Å²) in [5.74, 6) is 1.05. The SMILES string of the molecule is COc1cccc(C(=O)/C(=C/c2c[nH]c3ccccc23)c2nc3ccccc3[nH]2)c1. The second-order valence-corrected chi connectivity index (χ2v) is 7.01. The zero-order valence-corrected chi connectivity index (χ0v) is 16.3. The lowest BCUT2D eigenvalue weighted by Crippen LogP contribution is -2.04. The van der Waals surface area contributed by atoms with Gasteiger partial charge in [0.25, 0.3) is 0 Å². The summed E-state index contributed by atoms with van der Waals surface area (Å²) in [5, 5.41) is 1.05. The molecule has 5 nitrogen and oxygen atoms in total. The molecule has 2 N–H and O–H groups in total. The Morgan fingerprint density at radius 3 is 2.60 bits per heavy atom. The van der Waals surface area contributed by atoms with Crippen molar-refractivity contribution in [2.75, 3.05) is 7.11 Å². The number of hydrogen-bond donors (Lipinski definition) is 2. The van der Waals surface area contributed by atoms with E-state index in [0.29, 0.717) is 22.7 Å². The topological polar surface area (TPSA) is 70.8 Å². The zero-order valence-electron chi connectivity index (χ0n) is 16.3. The molecule has 5 rings (SSSR count). The van der Waals surface area contributed by atoms with Crippen molar-refractivity contribution in [2.45, 2.75) is 0 Å². The summed E-state index contributed by atoms with van der Waals surface area (Å²) in [6.07, 6.45) is 3.80. The standard InChI is InChI=1S/C25H19N3O2/c1-30-18-8-6-7-16(13-18)24(29)20(25-27-22-11-4-5-12-23(22)28-25)14-17-15-26-21-10-3-2-9-19(17)21/h2-15,26H,1H3,(H,27,28)/b20-14-. The lowest BCUT2D eigenvalue weighted by Gasteiger charge is -2.06. The van der Waals surface area contributed by atoms with Gasteiger partial charge in [-0.15, -0.1) is 0 Å². The highest BCUT2D eigenvalue weighted by atomic mass is 16.5. The number of ether oxygens (including phenoxy) is 1. The number of fused-ring (bicyclic) bond motifs is 2. The molecule has 2 aromatic heterocycles. The number of nitrogens with one attached hydrogen (secondary N) is 2. The Morgan fingerprint density at radius 2 is 1.77 bits per heavy atom. The van der Waals surface area contributed by atoms with E-state index in [9.17, 15) is 4.79 Å². The molecule has 0 radical (unpaired) electrons. The second kappa shape index (κ2) is 7.37. The van der Waals surface area contributed by atoms with E-state index in [2.05, 4.69) is 15.0 Å². The average molecular weight is 393 g/mol. The van der Waals surface area contributed by atoms with E-state index in [1.54, 1.807) is 19.2 Å². The van der Waals surface area contributed by atoms with Gasteiger partial charge in [0.1, 0.15) is 11.6 Å². The summed E-state index contributed by atoms with van der Waals surface area (Å²) in [6, 6.07) is 22.9. The third-order valence-electron chi connectivity index (χ3n) is 5.14. The van der Waals surface area contributed by atoms with Gasteiger partial charge in [-0.2, -0.15) is 0 Å². The van der Waals surface area contributed by atoms with Gasteiger partial charge in [0.15, 0.2) is 5.78 Å². The first-order valence-electron chi connectivity index (χ1n) is 9.64. The summed E-state index contributed by atoms with van der Waals surface area (Å²) in [6.45, 7) is 0. The number of Topliss-reactive ketones (excluding diaryl/α,β-unsaturated/α-hetero) is 1. The Labute approximate surface area is 173 Å². The highest BCUT2D eigenvalue weighted by Crippen LogP contribution is 2.27. The summed E-state index contributed by atoms with van der Waals surface area (Å²) < 4.78 is 5.30. The lowest BCUT2D eigenvalue weighted by atomic mass is 10.00. The van der Waals surface area contributed by atoms with E-state index in [4.69, 9.17) is 4.74 Å². The van der Waals surface area contributed by atoms with Crippen molar-refractivity contribution in [1.29, 1.82) is 0 Å². The molecule has 0 aliphatic carbocycles. The van der Waals surface area contributed by atoms with E-state index < -0.39 is 0 Å².